The Morgan fingerprint density at radius 2 is 1.88 bits per heavy atom. The fourth-order valence-electron chi connectivity index (χ4n) is 1.64. The molecule has 4 nitrogen and oxygen atoms in total. The average molecular weight is 246 g/mol. The molecule has 2 unspecified atom stereocenters. The van der Waals surface area contributed by atoms with Crippen molar-refractivity contribution in [3.05, 3.63) is 0 Å². The Kier molecular flexibility index (Phi) is 5.69. The standard InChI is InChI=1S/C11H23N2O2P/c1-9(2)13-16(10(3)14,11(4,5)6)15-8-7-12/h9-10,14H,8H2,1-6H3. The molecule has 0 aromatic carbocycles. The second-order valence-electron chi connectivity index (χ2n) is 5.07. The minimum absolute atomic E-state index is 0.0217. The van der Waals surface area contributed by atoms with Gasteiger partial charge in [0.15, 0.2) is 0 Å². The quantitative estimate of drug-likeness (QED) is 0.775. The Balaban J connectivity index is 5.53. The fraction of sp³-hybridized carbons (Fsp3) is 0.909. The van der Waals surface area contributed by atoms with Gasteiger partial charge in [0.1, 0.15) is 19.7 Å². The number of rotatable bonds is 4. The maximum Gasteiger partial charge on any atom is 0.139 e. The SMILES string of the molecule is CC(C)N=P(OCC#N)(C(C)O)C(C)(C)C. The third kappa shape index (κ3) is 3.59. The van der Waals surface area contributed by atoms with E-state index < -0.39 is 13.1 Å². The third-order valence-corrected chi connectivity index (χ3v) is 6.46. The van der Waals surface area contributed by atoms with Crippen LogP contribution in [0.5, 0.6) is 0 Å². The van der Waals surface area contributed by atoms with E-state index in [1.165, 1.54) is 0 Å². The summed E-state index contributed by atoms with van der Waals surface area (Å²) in [5, 5.41) is 18.4. The van der Waals surface area contributed by atoms with Crippen molar-refractivity contribution in [2.75, 3.05) is 6.61 Å². The van der Waals surface area contributed by atoms with Crippen LogP contribution >= 0.6 is 7.28 Å². The molecule has 0 aromatic rings. The molecule has 0 aromatic heterocycles. The first kappa shape index (κ1) is 15.6. The number of hydrogen-bond donors (Lipinski definition) is 1. The van der Waals surface area contributed by atoms with Gasteiger partial charge in [0.05, 0.1) is 6.07 Å². The fourth-order valence-corrected chi connectivity index (χ4v) is 4.91. The number of nitriles is 1. The van der Waals surface area contributed by atoms with Crippen molar-refractivity contribution in [1.82, 2.24) is 0 Å². The average Bonchev–Trinajstić information content (AvgIpc) is 2.09. The van der Waals surface area contributed by atoms with Crippen molar-refractivity contribution in [2.24, 2.45) is 4.74 Å². The summed E-state index contributed by atoms with van der Waals surface area (Å²) in [7, 11) is -2.37. The lowest BCUT2D eigenvalue weighted by molar-refractivity contribution is 0.240. The van der Waals surface area contributed by atoms with Crippen molar-refractivity contribution in [3.8, 4) is 6.07 Å². The van der Waals surface area contributed by atoms with E-state index in [9.17, 15) is 5.11 Å². The van der Waals surface area contributed by atoms with Gasteiger partial charge in [0.2, 0.25) is 0 Å². The Morgan fingerprint density at radius 1 is 1.38 bits per heavy atom. The predicted molar refractivity (Wildman–Crippen MR) is 67.5 cm³/mol. The van der Waals surface area contributed by atoms with Crippen LogP contribution in [-0.4, -0.2) is 28.8 Å². The Bertz CT molecular complexity index is 311. The summed E-state index contributed by atoms with van der Waals surface area (Å²) >= 11 is 0. The van der Waals surface area contributed by atoms with Gasteiger partial charge in [-0.15, -0.1) is 0 Å². The first-order valence-electron chi connectivity index (χ1n) is 5.48. The number of aliphatic hydroxyl groups excluding tert-OH is 1. The smallest absolute Gasteiger partial charge is 0.139 e. The highest BCUT2D eigenvalue weighted by Gasteiger charge is 2.39. The van der Waals surface area contributed by atoms with Gasteiger partial charge in [-0.05, 0) is 20.8 Å². The van der Waals surface area contributed by atoms with E-state index in [1.807, 2.05) is 40.7 Å². The Labute approximate surface area is 98.8 Å². The van der Waals surface area contributed by atoms with Crippen LogP contribution < -0.4 is 0 Å². The monoisotopic (exact) mass is 246 g/mol. The summed E-state index contributed by atoms with van der Waals surface area (Å²) in [5.41, 5.74) is 0. The lowest BCUT2D eigenvalue weighted by Crippen LogP contribution is -2.25. The molecule has 0 saturated carbocycles. The summed E-state index contributed by atoms with van der Waals surface area (Å²) in [6, 6.07) is 2.04. The minimum Gasteiger partial charge on any atom is -0.385 e. The zero-order valence-corrected chi connectivity index (χ0v) is 12.0. The van der Waals surface area contributed by atoms with Crippen LogP contribution in [0.1, 0.15) is 41.5 Å². The summed E-state index contributed by atoms with van der Waals surface area (Å²) in [6.07, 6.45) is 0. The van der Waals surface area contributed by atoms with Gasteiger partial charge >= 0.3 is 0 Å². The molecule has 0 aliphatic heterocycles. The molecule has 16 heavy (non-hydrogen) atoms. The highest BCUT2D eigenvalue weighted by atomic mass is 31.2. The van der Waals surface area contributed by atoms with Crippen molar-refractivity contribution in [3.63, 3.8) is 0 Å². The van der Waals surface area contributed by atoms with Crippen LogP contribution in [0.2, 0.25) is 0 Å². The van der Waals surface area contributed by atoms with Crippen molar-refractivity contribution in [2.45, 2.75) is 58.6 Å². The molecule has 0 heterocycles. The maximum atomic E-state index is 10.00. The first-order chi connectivity index (χ1) is 7.17. The summed E-state index contributed by atoms with van der Waals surface area (Å²) < 4.78 is 10.3. The van der Waals surface area contributed by atoms with Crippen LogP contribution in [0.25, 0.3) is 0 Å². The van der Waals surface area contributed by atoms with E-state index in [-0.39, 0.29) is 17.8 Å². The molecule has 0 radical (unpaired) electrons. The summed E-state index contributed by atoms with van der Waals surface area (Å²) in [5.74, 6) is -0.650. The lowest BCUT2D eigenvalue weighted by Gasteiger charge is -2.38. The molecule has 0 aliphatic carbocycles. The number of nitrogens with zero attached hydrogens (tertiary/aromatic N) is 2. The molecule has 0 rings (SSSR count). The van der Waals surface area contributed by atoms with E-state index >= 15 is 0 Å². The van der Waals surface area contributed by atoms with Crippen LogP contribution in [0.3, 0.4) is 0 Å². The second-order valence-corrected chi connectivity index (χ2v) is 8.89. The molecule has 0 bridgehead atoms. The molecule has 5 heteroatoms. The molecule has 0 aliphatic rings. The summed E-state index contributed by atoms with van der Waals surface area (Å²) in [6.45, 7) is 11.6. The van der Waals surface area contributed by atoms with E-state index in [0.717, 1.165) is 0 Å². The highest BCUT2D eigenvalue weighted by Crippen LogP contribution is 2.64. The van der Waals surface area contributed by atoms with Crippen LogP contribution in [0.15, 0.2) is 4.74 Å². The number of aliphatic hydroxyl groups is 1. The van der Waals surface area contributed by atoms with Gasteiger partial charge in [-0.25, -0.2) is 0 Å². The Morgan fingerprint density at radius 3 is 2.12 bits per heavy atom. The topological polar surface area (TPSA) is 65.6 Å². The molecule has 2 atom stereocenters. The van der Waals surface area contributed by atoms with Gasteiger partial charge in [0, 0.05) is 11.2 Å². The summed E-state index contributed by atoms with van der Waals surface area (Å²) in [4.78, 5) is 0. The molecule has 0 fully saturated rings. The van der Waals surface area contributed by atoms with Crippen LogP contribution in [0, 0.1) is 11.3 Å². The van der Waals surface area contributed by atoms with Crippen LogP contribution in [0.4, 0.5) is 0 Å². The molecule has 0 spiro atoms. The Hall–Kier alpha value is -0.360. The normalized spacial score (nSPS) is 17.7. The van der Waals surface area contributed by atoms with E-state index in [2.05, 4.69) is 4.74 Å². The highest BCUT2D eigenvalue weighted by molar-refractivity contribution is 7.63. The maximum absolute atomic E-state index is 10.00. The van der Waals surface area contributed by atoms with Gasteiger partial charge in [-0.3, -0.25) is 4.74 Å². The van der Waals surface area contributed by atoms with Crippen LogP contribution in [-0.2, 0) is 4.52 Å². The second kappa shape index (κ2) is 5.82. The van der Waals surface area contributed by atoms with Gasteiger partial charge in [-0.1, -0.05) is 20.8 Å². The predicted octanol–water partition coefficient (Wildman–Crippen LogP) is 3.19. The van der Waals surface area contributed by atoms with Crippen molar-refractivity contribution < 1.29 is 9.63 Å². The van der Waals surface area contributed by atoms with E-state index in [1.54, 1.807) is 6.92 Å². The van der Waals surface area contributed by atoms with Gasteiger partial charge in [-0.2, -0.15) is 5.26 Å². The van der Waals surface area contributed by atoms with Gasteiger partial charge < -0.3 is 9.63 Å². The minimum atomic E-state index is -2.37. The molecule has 0 amide bonds. The zero-order chi connectivity index (χ0) is 13.0. The molecular weight excluding hydrogens is 223 g/mol. The zero-order valence-electron chi connectivity index (χ0n) is 11.1. The third-order valence-electron chi connectivity index (χ3n) is 2.20. The molecular formula is C11H23N2O2P. The van der Waals surface area contributed by atoms with Crippen molar-refractivity contribution >= 4 is 7.28 Å². The van der Waals surface area contributed by atoms with Crippen molar-refractivity contribution in [1.29, 1.82) is 5.26 Å². The van der Waals surface area contributed by atoms with E-state index in [4.69, 9.17) is 9.79 Å². The molecule has 0 saturated heterocycles. The van der Waals surface area contributed by atoms with E-state index in [0.29, 0.717) is 0 Å². The molecule has 1 N–H and O–H groups in total. The molecule has 94 valence electrons. The lowest BCUT2D eigenvalue weighted by atomic mass is 10.3. The van der Waals surface area contributed by atoms with Gasteiger partial charge in [0.25, 0.3) is 0 Å². The first-order valence-corrected chi connectivity index (χ1v) is 7.21. The largest absolute Gasteiger partial charge is 0.385 e. The number of hydrogen-bond acceptors (Lipinski definition) is 4.